The van der Waals surface area contributed by atoms with Gasteiger partial charge in [0.05, 0.1) is 19.1 Å². The molecule has 2 amide bonds. The highest BCUT2D eigenvalue weighted by atomic mass is 35.5. The molecule has 1 N–H and O–H groups in total. The maximum absolute atomic E-state index is 13.6. The molecule has 0 spiro atoms. The molecule has 3 atom stereocenters. The third-order valence-electron chi connectivity index (χ3n) is 5.64. The summed E-state index contributed by atoms with van der Waals surface area (Å²) in [4.78, 5) is 27.5. The van der Waals surface area contributed by atoms with Crippen LogP contribution in [0.4, 0.5) is 13.2 Å². The second-order valence-corrected chi connectivity index (χ2v) is 11.8. The highest BCUT2D eigenvalue weighted by Crippen LogP contribution is 2.43. The van der Waals surface area contributed by atoms with Crippen molar-refractivity contribution in [2.24, 2.45) is 5.92 Å². The van der Waals surface area contributed by atoms with Gasteiger partial charge in [0.15, 0.2) is 0 Å². The molecule has 184 valence electrons. The van der Waals surface area contributed by atoms with Crippen molar-refractivity contribution in [3.63, 3.8) is 0 Å². The molecule has 2 fully saturated rings. The van der Waals surface area contributed by atoms with E-state index in [1.165, 1.54) is 0 Å². The minimum absolute atomic E-state index is 0.00905. The highest BCUT2D eigenvalue weighted by molar-refractivity contribution is 8.00. The predicted octanol–water partition coefficient (Wildman–Crippen LogP) is 4.99. The zero-order valence-electron chi connectivity index (χ0n) is 19.0. The first-order valence-corrected chi connectivity index (χ1v) is 12.4. The predicted molar refractivity (Wildman–Crippen MR) is 123 cm³/mol. The molecule has 1 aliphatic carbocycles. The number of nitrogens with zero attached hydrogens (tertiary/aromatic N) is 1. The van der Waals surface area contributed by atoms with Crippen LogP contribution in [0, 0.1) is 5.92 Å². The average Bonchev–Trinajstić information content (AvgIpc) is 3.54. The first-order valence-electron chi connectivity index (χ1n) is 11.0. The minimum atomic E-state index is -4.51. The molecule has 1 aliphatic heterocycles. The lowest BCUT2D eigenvalue weighted by Gasteiger charge is -2.44. The van der Waals surface area contributed by atoms with Crippen LogP contribution < -0.4 is 5.32 Å². The number of ether oxygens (including phenoxy) is 1. The molecule has 1 heterocycles. The van der Waals surface area contributed by atoms with E-state index in [9.17, 15) is 22.8 Å². The van der Waals surface area contributed by atoms with E-state index in [1.54, 1.807) is 23.9 Å². The van der Waals surface area contributed by atoms with Crippen LogP contribution in [0.3, 0.4) is 0 Å². The van der Waals surface area contributed by atoms with Gasteiger partial charge in [-0.25, -0.2) is 0 Å². The molecule has 0 aromatic heterocycles. The maximum atomic E-state index is 13.6. The van der Waals surface area contributed by atoms with E-state index in [0.29, 0.717) is 10.9 Å². The van der Waals surface area contributed by atoms with Crippen molar-refractivity contribution in [1.82, 2.24) is 10.2 Å². The largest absolute Gasteiger partial charge is 0.405 e. The molecular formula is C23H30ClF3N2O3S. The van der Waals surface area contributed by atoms with Crippen molar-refractivity contribution in [3.8, 4) is 0 Å². The standard InChI is InChI=1S/C23H30ClF3N2O3S/c1-22(2,3)33-12-18(15-4-5-15)29-17(14-6-8-16(24)9-7-14)11-32-19(21(29)31)10-20(30)28-13-23(25,26)27/h6-9,15,17-19H,4-5,10-13H2,1-3H3,(H,28,30). The van der Waals surface area contributed by atoms with Gasteiger partial charge < -0.3 is 15.0 Å². The number of hydrogen-bond acceptors (Lipinski definition) is 4. The number of nitrogens with one attached hydrogen (secondary N) is 1. The fraction of sp³-hybridized carbons (Fsp3) is 0.652. The fourth-order valence-electron chi connectivity index (χ4n) is 3.86. The van der Waals surface area contributed by atoms with Gasteiger partial charge in [0.1, 0.15) is 12.6 Å². The number of halogens is 4. The van der Waals surface area contributed by atoms with Crippen molar-refractivity contribution in [2.75, 3.05) is 18.9 Å². The van der Waals surface area contributed by atoms with Gasteiger partial charge in [-0.2, -0.15) is 24.9 Å². The van der Waals surface area contributed by atoms with Crippen molar-refractivity contribution in [2.45, 2.75) is 69.1 Å². The first kappa shape index (κ1) is 26.2. The summed E-state index contributed by atoms with van der Waals surface area (Å²) in [5, 5.41) is 2.41. The van der Waals surface area contributed by atoms with Crippen LogP contribution in [0.15, 0.2) is 24.3 Å². The molecule has 1 saturated heterocycles. The van der Waals surface area contributed by atoms with Gasteiger partial charge in [-0.3, -0.25) is 9.59 Å². The van der Waals surface area contributed by atoms with Crippen LogP contribution in [-0.4, -0.2) is 58.7 Å². The Morgan fingerprint density at radius 3 is 2.42 bits per heavy atom. The van der Waals surface area contributed by atoms with E-state index < -0.39 is 31.2 Å². The number of alkyl halides is 3. The van der Waals surface area contributed by atoms with E-state index >= 15 is 0 Å². The Morgan fingerprint density at radius 2 is 1.88 bits per heavy atom. The van der Waals surface area contributed by atoms with Crippen molar-refractivity contribution >= 4 is 35.2 Å². The molecule has 1 saturated carbocycles. The Hall–Kier alpha value is -1.45. The van der Waals surface area contributed by atoms with Crippen LogP contribution in [0.5, 0.6) is 0 Å². The van der Waals surface area contributed by atoms with Crippen molar-refractivity contribution in [3.05, 3.63) is 34.9 Å². The fourth-order valence-corrected chi connectivity index (χ4v) is 5.09. The van der Waals surface area contributed by atoms with Crippen LogP contribution in [0.1, 0.15) is 51.6 Å². The van der Waals surface area contributed by atoms with Gasteiger partial charge in [0.25, 0.3) is 5.91 Å². The van der Waals surface area contributed by atoms with Crippen LogP contribution in [0.25, 0.3) is 0 Å². The smallest absolute Gasteiger partial charge is 0.365 e. The van der Waals surface area contributed by atoms with Gasteiger partial charge in [0.2, 0.25) is 5.91 Å². The Labute approximate surface area is 201 Å². The summed E-state index contributed by atoms with van der Waals surface area (Å²) in [5.74, 6) is -0.120. The molecule has 0 bridgehead atoms. The zero-order chi connectivity index (χ0) is 24.4. The molecule has 3 rings (SSSR count). The molecule has 5 nitrogen and oxygen atoms in total. The van der Waals surface area contributed by atoms with E-state index in [0.717, 1.165) is 24.2 Å². The Bertz CT molecular complexity index is 841. The number of morpholine rings is 1. The Balaban J connectivity index is 1.82. The summed E-state index contributed by atoms with van der Waals surface area (Å²) in [7, 11) is 0. The number of carbonyl (C=O) groups is 2. The van der Waals surface area contributed by atoms with Gasteiger partial charge in [-0.15, -0.1) is 0 Å². The lowest BCUT2D eigenvalue weighted by molar-refractivity contribution is -0.167. The number of hydrogen-bond donors (Lipinski definition) is 1. The minimum Gasteiger partial charge on any atom is -0.365 e. The second-order valence-electron chi connectivity index (χ2n) is 9.56. The summed E-state index contributed by atoms with van der Waals surface area (Å²) in [6.45, 7) is 5.08. The topological polar surface area (TPSA) is 58.6 Å². The van der Waals surface area contributed by atoms with E-state index in [1.807, 2.05) is 22.3 Å². The molecule has 3 unspecified atom stereocenters. The van der Waals surface area contributed by atoms with Gasteiger partial charge >= 0.3 is 6.18 Å². The zero-order valence-corrected chi connectivity index (χ0v) is 20.5. The van der Waals surface area contributed by atoms with E-state index in [4.69, 9.17) is 16.3 Å². The molecule has 33 heavy (non-hydrogen) atoms. The monoisotopic (exact) mass is 506 g/mol. The molecular weight excluding hydrogens is 477 g/mol. The lowest BCUT2D eigenvalue weighted by Crippen LogP contribution is -2.56. The summed E-state index contributed by atoms with van der Waals surface area (Å²) in [5.41, 5.74) is 0.874. The molecule has 2 aliphatic rings. The van der Waals surface area contributed by atoms with Crippen molar-refractivity contribution < 1.29 is 27.5 Å². The lowest BCUT2D eigenvalue weighted by atomic mass is 9.98. The van der Waals surface area contributed by atoms with Crippen molar-refractivity contribution in [1.29, 1.82) is 0 Å². The van der Waals surface area contributed by atoms with Crippen LogP contribution in [-0.2, 0) is 14.3 Å². The molecule has 10 heteroatoms. The summed E-state index contributed by atoms with van der Waals surface area (Å²) in [6, 6.07) is 6.82. The van der Waals surface area contributed by atoms with Crippen LogP contribution in [0.2, 0.25) is 5.02 Å². The number of amides is 2. The number of rotatable bonds is 8. The Kier molecular flexibility index (Phi) is 8.28. The Morgan fingerprint density at radius 1 is 1.24 bits per heavy atom. The average molecular weight is 507 g/mol. The third kappa shape index (κ3) is 7.79. The van der Waals surface area contributed by atoms with Crippen LogP contribution >= 0.6 is 23.4 Å². The number of carbonyl (C=O) groups excluding carboxylic acids is 2. The number of thioether (sulfide) groups is 1. The highest BCUT2D eigenvalue weighted by Gasteiger charge is 2.46. The number of benzene rings is 1. The van der Waals surface area contributed by atoms with E-state index in [2.05, 4.69) is 20.8 Å². The normalized spacial score (nSPS) is 22.9. The quantitative estimate of drug-likeness (QED) is 0.540. The SMILES string of the molecule is CC(C)(C)SCC(C1CC1)N1C(=O)C(CC(=O)NCC(F)(F)F)OCC1c1ccc(Cl)cc1. The second kappa shape index (κ2) is 10.4. The van der Waals surface area contributed by atoms with Gasteiger partial charge in [-0.05, 0) is 36.5 Å². The molecule has 1 aromatic rings. The van der Waals surface area contributed by atoms with Gasteiger partial charge in [-0.1, -0.05) is 44.5 Å². The molecule has 0 radical (unpaired) electrons. The summed E-state index contributed by atoms with van der Waals surface area (Å²) in [6.07, 6.45) is -4.03. The molecule has 1 aromatic carbocycles. The maximum Gasteiger partial charge on any atom is 0.405 e. The van der Waals surface area contributed by atoms with Gasteiger partial charge in [0, 0.05) is 21.6 Å². The van der Waals surface area contributed by atoms with E-state index in [-0.39, 0.29) is 29.3 Å². The summed E-state index contributed by atoms with van der Waals surface area (Å²) >= 11 is 7.81. The third-order valence-corrected chi connectivity index (χ3v) is 7.27. The first-order chi connectivity index (χ1) is 15.3. The summed E-state index contributed by atoms with van der Waals surface area (Å²) < 4.78 is 43.1.